The average Bonchev–Trinajstić information content (AvgIpc) is 3.60. The number of hydrogen-bond acceptors (Lipinski definition) is 5. The van der Waals surface area contributed by atoms with Crippen molar-refractivity contribution in [3.8, 4) is 11.5 Å². The predicted molar refractivity (Wildman–Crippen MR) is 255 cm³/mol. The number of aromatic hydroxyl groups is 1. The Kier molecular flexibility index (Phi) is 17.9. The molecule has 2 aromatic carbocycles. The molecule has 1 N–H and O–H groups in total. The number of phenols is 1. The van der Waals surface area contributed by atoms with Crippen LogP contribution in [0, 0.1) is 46.3 Å². The third-order valence-electron chi connectivity index (χ3n) is 16.5. The SMILES string of the molecule is CCCCCCCCCCc1ccc(N=Cc2ccc(OCCCCCC(=O)O[C@H]3CC[C@@]4(C)C(=CC[C@H]5[C@@H]6CC[C@H]([C@H](C)CCCC(C)C)[C@@]6(C)CC[C@@H]54)C3)cc2O)cc1. The first kappa shape index (κ1) is 47.4. The van der Waals surface area contributed by atoms with Crippen LogP contribution in [0.25, 0.3) is 0 Å². The number of allylic oxidation sites excluding steroid dienone is 1. The van der Waals surface area contributed by atoms with Crippen molar-refractivity contribution in [3.63, 3.8) is 0 Å². The Labute approximate surface area is 372 Å². The predicted octanol–water partition coefficient (Wildman–Crippen LogP) is 15.7. The van der Waals surface area contributed by atoms with Crippen LogP contribution >= 0.6 is 0 Å². The number of carbonyl (C=O) groups is 1. The minimum atomic E-state index is -0.0475. The van der Waals surface area contributed by atoms with Crippen molar-refractivity contribution in [2.24, 2.45) is 51.3 Å². The fraction of sp³-hybridized carbons (Fsp3) is 0.714. The molecule has 5 nitrogen and oxygen atoms in total. The normalized spacial score (nSPS) is 27.7. The highest BCUT2D eigenvalue weighted by Crippen LogP contribution is 2.67. The molecule has 3 fully saturated rings. The van der Waals surface area contributed by atoms with Gasteiger partial charge in [0.15, 0.2) is 0 Å². The lowest BCUT2D eigenvalue weighted by Gasteiger charge is -2.58. The number of ether oxygens (including phenoxy) is 2. The average molecular weight is 836 g/mol. The van der Waals surface area contributed by atoms with E-state index in [1.807, 2.05) is 12.1 Å². The van der Waals surface area contributed by atoms with E-state index in [0.29, 0.717) is 29.8 Å². The van der Waals surface area contributed by atoms with E-state index >= 15 is 0 Å². The van der Waals surface area contributed by atoms with Crippen molar-refractivity contribution >= 4 is 17.9 Å². The first-order valence-corrected chi connectivity index (χ1v) is 25.5. The maximum absolute atomic E-state index is 13.0. The molecule has 0 bridgehead atoms. The topological polar surface area (TPSA) is 68.1 Å². The highest BCUT2D eigenvalue weighted by molar-refractivity contribution is 5.85. The molecule has 4 aliphatic rings. The van der Waals surface area contributed by atoms with Crippen molar-refractivity contribution in [2.75, 3.05) is 6.61 Å². The number of benzene rings is 2. The molecule has 0 unspecified atom stereocenters. The fourth-order valence-electron chi connectivity index (χ4n) is 12.8. The lowest BCUT2D eigenvalue weighted by Crippen LogP contribution is -2.51. The van der Waals surface area contributed by atoms with Crippen molar-refractivity contribution < 1.29 is 19.4 Å². The van der Waals surface area contributed by atoms with Gasteiger partial charge in [-0.05, 0) is 153 Å². The van der Waals surface area contributed by atoms with Crippen LogP contribution in [0.1, 0.15) is 200 Å². The van der Waals surface area contributed by atoms with Gasteiger partial charge in [0.25, 0.3) is 0 Å². The van der Waals surface area contributed by atoms with Crippen LogP contribution in [-0.2, 0) is 16.0 Å². The summed E-state index contributed by atoms with van der Waals surface area (Å²) in [6.45, 7) is 15.4. The second kappa shape index (κ2) is 23.0. The molecule has 6 rings (SSSR count). The lowest BCUT2D eigenvalue weighted by atomic mass is 9.47. The number of aryl methyl sites for hydroxylation is 1. The van der Waals surface area contributed by atoms with Crippen molar-refractivity contribution in [2.45, 2.75) is 202 Å². The molecule has 0 spiro atoms. The van der Waals surface area contributed by atoms with Gasteiger partial charge in [-0.15, -0.1) is 0 Å². The summed E-state index contributed by atoms with van der Waals surface area (Å²) in [5.41, 5.74) is 5.29. The molecule has 0 aromatic heterocycles. The molecule has 61 heavy (non-hydrogen) atoms. The van der Waals surface area contributed by atoms with E-state index in [-0.39, 0.29) is 23.2 Å². The van der Waals surface area contributed by atoms with Crippen LogP contribution in [0.3, 0.4) is 0 Å². The molecular formula is C56H85NO4. The lowest BCUT2D eigenvalue weighted by molar-refractivity contribution is -0.151. The number of phenolic OH excluding ortho intramolecular Hbond substituents is 1. The van der Waals surface area contributed by atoms with Crippen LogP contribution in [0.2, 0.25) is 0 Å². The molecular weight excluding hydrogens is 751 g/mol. The Morgan fingerprint density at radius 1 is 0.836 bits per heavy atom. The molecule has 0 radical (unpaired) electrons. The first-order valence-electron chi connectivity index (χ1n) is 25.5. The van der Waals surface area contributed by atoms with Gasteiger partial charge in [0.2, 0.25) is 0 Å². The van der Waals surface area contributed by atoms with Gasteiger partial charge in [-0.25, -0.2) is 0 Å². The fourth-order valence-corrected chi connectivity index (χ4v) is 12.8. The zero-order chi connectivity index (χ0) is 43.2. The largest absolute Gasteiger partial charge is 0.507 e. The van der Waals surface area contributed by atoms with Crippen LogP contribution in [0.15, 0.2) is 59.1 Å². The molecule has 0 aliphatic heterocycles. The molecule has 0 saturated heterocycles. The summed E-state index contributed by atoms with van der Waals surface area (Å²) in [6, 6.07) is 13.9. The summed E-state index contributed by atoms with van der Waals surface area (Å²) in [7, 11) is 0. The highest BCUT2D eigenvalue weighted by atomic mass is 16.5. The molecule has 8 atom stereocenters. The second-order valence-electron chi connectivity index (χ2n) is 21.2. The Hall–Kier alpha value is -3.08. The minimum Gasteiger partial charge on any atom is -0.507 e. The van der Waals surface area contributed by atoms with E-state index in [1.165, 1.54) is 108 Å². The Bertz CT molecular complexity index is 1710. The highest BCUT2D eigenvalue weighted by Gasteiger charge is 2.59. The van der Waals surface area contributed by atoms with E-state index < -0.39 is 0 Å². The summed E-state index contributed by atoms with van der Waals surface area (Å²) in [5, 5.41) is 10.7. The zero-order valence-corrected chi connectivity index (χ0v) is 39.5. The minimum absolute atomic E-state index is 0.0266. The molecule has 0 amide bonds. The quantitative estimate of drug-likeness (QED) is 0.0495. The van der Waals surface area contributed by atoms with Gasteiger partial charge in [0, 0.05) is 30.7 Å². The summed E-state index contributed by atoms with van der Waals surface area (Å²) in [4.78, 5) is 17.6. The van der Waals surface area contributed by atoms with Gasteiger partial charge >= 0.3 is 5.97 Å². The van der Waals surface area contributed by atoms with Crippen molar-refractivity contribution in [3.05, 3.63) is 65.2 Å². The van der Waals surface area contributed by atoms with Gasteiger partial charge in [-0.3, -0.25) is 9.79 Å². The summed E-state index contributed by atoms with van der Waals surface area (Å²) >= 11 is 0. The van der Waals surface area contributed by atoms with Crippen molar-refractivity contribution in [1.29, 1.82) is 0 Å². The molecule has 5 heteroatoms. The maximum atomic E-state index is 13.0. The molecule has 338 valence electrons. The third-order valence-corrected chi connectivity index (χ3v) is 16.5. The molecule has 2 aromatic rings. The van der Waals surface area contributed by atoms with Gasteiger partial charge < -0.3 is 14.6 Å². The van der Waals surface area contributed by atoms with E-state index in [4.69, 9.17) is 9.47 Å². The van der Waals surface area contributed by atoms with E-state index in [9.17, 15) is 9.90 Å². The molecule has 0 heterocycles. The molecule has 4 aliphatic carbocycles. The van der Waals surface area contributed by atoms with Crippen LogP contribution in [0.4, 0.5) is 5.69 Å². The number of aliphatic imine (C=N–C) groups is 1. The summed E-state index contributed by atoms with van der Waals surface area (Å²) in [6.07, 6.45) is 33.3. The summed E-state index contributed by atoms with van der Waals surface area (Å²) in [5.74, 6) is 5.81. The number of unbranched alkanes of at least 4 members (excludes halogenated alkanes) is 9. The number of hydrogen-bond donors (Lipinski definition) is 1. The zero-order valence-electron chi connectivity index (χ0n) is 39.5. The summed E-state index contributed by atoms with van der Waals surface area (Å²) < 4.78 is 12.1. The third kappa shape index (κ3) is 12.8. The van der Waals surface area contributed by atoms with E-state index in [1.54, 1.807) is 17.9 Å². The van der Waals surface area contributed by atoms with Crippen LogP contribution in [-0.4, -0.2) is 30.0 Å². The Balaban J connectivity index is 0.853. The van der Waals surface area contributed by atoms with Gasteiger partial charge in [0.05, 0.1) is 12.3 Å². The van der Waals surface area contributed by atoms with E-state index in [2.05, 4.69) is 76.9 Å². The number of carbonyl (C=O) groups excluding carboxylic acids is 1. The monoisotopic (exact) mass is 836 g/mol. The number of fused-ring (bicyclic) bond motifs is 5. The van der Waals surface area contributed by atoms with Crippen molar-refractivity contribution in [1.82, 2.24) is 0 Å². The second-order valence-corrected chi connectivity index (χ2v) is 21.2. The number of nitrogens with zero attached hydrogens (tertiary/aromatic N) is 1. The van der Waals surface area contributed by atoms with Gasteiger partial charge in [0.1, 0.15) is 17.6 Å². The Morgan fingerprint density at radius 2 is 1.59 bits per heavy atom. The standard InChI is InChI=1S/C56H85NO4/c1-7-8-9-10-11-12-13-15-21-43-23-27-46(28-24-43)57-40-44-25-29-47(39-53(44)58)60-37-17-14-16-22-54(59)61-48-33-35-55(5)45(38-48)26-30-49-51-32-31-50(42(4)20-18-19-41(2)3)56(51,6)36-34-52(49)55/h23-29,39-42,48-52,58H,7-22,30-38H2,1-6H3/t42-,48+,49+,50-,51+,52+,55+,56-/m1/s1. The van der Waals surface area contributed by atoms with E-state index in [0.717, 1.165) is 86.1 Å². The first-order chi connectivity index (χ1) is 29.5. The van der Waals surface area contributed by atoms with Gasteiger partial charge in [-0.1, -0.05) is 130 Å². The molecule has 3 saturated carbocycles. The van der Waals surface area contributed by atoms with Crippen LogP contribution in [0.5, 0.6) is 11.5 Å². The Morgan fingerprint density at radius 3 is 2.34 bits per heavy atom. The maximum Gasteiger partial charge on any atom is 0.306 e. The number of esters is 1. The van der Waals surface area contributed by atoms with Gasteiger partial charge in [-0.2, -0.15) is 0 Å². The smallest absolute Gasteiger partial charge is 0.306 e. The number of rotatable bonds is 24. The van der Waals surface area contributed by atoms with Crippen LogP contribution < -0.4 is 4.74 Å².